The van der Waals surface area contributed by atoms with E-state index in [9.17, 15) is 14.4 Å². The van der Waals surface area contributed by atoms with Gasteiger partial charge in [-0.1, -0.05) is 59.7 Å². The maximum absolute atomic E-state index is 16.7. The van der Waals surface area contributed by atoms with Crippen molar-refractivity contribution in [3.8, 4) is 0 Å². The van der Waals surface area contributed by atoms with Crippen molar-refractivity contribution in [3.05, 3.63) is 70.8 Å². The first-order chi connectivity index (χ1) is 14.9. The third-order valence-corrected chi connectivity index (χ3v) is 4.69. The van der Waals surface area contributed by atoms with Crippen molar-refractivity contribution >= 4 is 17.8 Å². The number of hydrogen-bond donors (Lipinski definition) is 1. The second kappa shape index (κ2) is 9.94. The fourth-order valence-corrected chi connectivity index (χ4v) is 3.09. The molecule has 32 heavy (non-hydrogen) atoms. The largest absolute Gasteiger partial charge is 0.463 e. The van der Waals surface area contributed by atoms with Gasteiger partial charge in [-0.3, -0.25) is 4.79 Å². The van der Waals surface area contributed by atoms with E-state index in [2.05, 4.69) is 5.32 Å². The number of Topliss-reactive ketones (excluding diaryl/α,β-unsaturated/α-hetero) is 1. The Morgan fingerprint density at radius 3 is 1.91 bits per heavy atom. The first kappa shape index (κ1) is 25.0. The zero-order valence-electron chi connectivity index (χ0n) is 19.3. The Morgan fingerprint density at radius 2 is 1.44 bits per heavy atom. The van der Waals surface area contributed by atoms with E-state index >= 15 is 4.39 Å². The van der Waals surface area contributed by atoms with Crippen LogP contribution >= 0.6 is 0 Å². The molecule has 0 aliphatic rings. The number of esters is 1. The van der Waals surface area contributed by atoms with Crippen LogP contribution in [0.3, 0.4) is 0 Å². The van der Waals surface area contributed by atoms with E-state index in [0.717, 1.165) is 11.1 Å². The quantitative estimate of drug-likeness (QED) is 0.369. The first-order valence-electron chi connectivity index (χ1n) is 10.4. The third-order valence-electron chi connectivity index (χ3n) is 4.69. The van der Waals surface area contributed by atoms with Gasteiger partial charge in [0.1, 0.15) is 11.6 Å². The van der Waals surface area contributed by atoms with E-state index in [1.807, 2.05) is 13.8 Å². The second-order valence-electron chi connectivity index (χ2n) is 8.62. The normalized spacial score (nSPS) is 14.1. The van der Waals surface area contributed by atoms with Gasteiger partial charge in [0, 0.05) is 5.56 Å². The number of alkyl halides is 1. The Kier molecular flexibility index (Phi) is 7.78. The maximum Gasteiger partial charge on any atom is 0.408 e. The Morgan fingerprint density at radius 1 is 0.938 bits per heavy atom. The van der Waals surface area contributed by atoms with Gasteiger partial charge in [0.2, 0.25) is 5.78 Å². The number of rotatable bonds is 7. The molecule has 2 atom stereocenters. The van der Waals surface area contributed by atoms with E-state index in [-0.39, 0.29) is 17.7 Å². The molecule has 0 heterocycles. The van der Waals surface area contributed by atoms with Crippen LogP contribution in [0.4, 0.5) is 9.18 Å². The van der Waals surface area contributed by atoms with E-state index in [1.54, 1.807) is 57.2 Å². The summed E-state index contributed by atoms with van der Waals surface area (Å²) in [7, 11) is 0. The number of benzene rings is 2. The van der Waals surface area contributed by atoms with E-state index < -0.39 is 35.2 Å². The first-order valence-corrected chi connectivity index (χ1v) is 10.4. The van der Waals surface area contributed by atoms with Crippen molar-refractivity contribution in [1.82, 2.24) is 5.32 Å². The highest BCUT2D eigenvalue weighted by molar-refractivity contribution is 6.16. The summed E-state index contributed by atoms with van der Waals surface area (Å²) in [5.74, 6) is -2.50. The summed E-state index contributed by atoms with van der Waals surface area (Å²) in [4.78, 5) is 38.8. The van der Waals surface area contributed by atoms with Crippen molar-refractivity contribution in [1.29, 1.82) is 0 Å². The lowest BCUT2D eigenvalue weighted by Gasteiger charge is -2.32. The molecule has 2 rings (SSSR count). The average Bonchev–Trinajstić information content (AvgIpc) is 2.71. The van der Waals surface area contributed by atoms with E-state index in [1.165, 1.54) is 19.1 Å². The molecular weight excluding hydrogens is 413 g/mol. The number of ketones is 1. The number of hydrogen-bond acceptors (Lipinski definition) is 5. The monoisotopic (exact) mass is 443 g/mol. The van der Waals surface area contributed by atoms with Crippen LogP contribution < -0.4 is 5.32 Å². The van der Waals surface area contributed by atoms with Crippen molar-refractivity contribution in [3.63, 3.8) is 0 Å². The van der Waals surface area contributed by atoms with Crippen molar-refractivity contribution < 1.29 is 28.2 Å². The SMILES string of the molecule is CCOC(=O)[C@@](F)(C(=O)c1ccc(C)cc1)[C@@H](NC(=O)OC(C)(C)C)c1ccc(C)cc1. The standard InChI is InChI=1S/C25H30FNO5/c1-7-31-22(29)25(26,21(28)19-14-10-17(3)11-15-19)20(18-12-8-16(2)9-13-18)27-23(30)32-24(4,5)6/h8-15,20H,7H2,1-6H3,(H,27,30)/t20-,25-/m0/s1. The number of nitrogens with one attached hydrogen (secondary N) is 1. The number of alkyl carbamates (subject to hydrolysis) is 1. The molecule has 6 nitrogen and oxygen atoms in total. The molecule has 0 saturated carbocycles. The number of aryl methyl sites for hydroxylation is 2. The summed E-state index contributed by atoms with van der Waals surface area (Å²) >= 11 is 0. The van der Waals surface area contributed by atoms with Gasteiger partial charge in [0.15, 0.2) is 0 Å². The second-order valence-corrected chi connectivity index (χ2v) is 8.62. The van der Waals surface area contributed by atoms with Crippen LogP contribution in [-0.4, -0.2) is 35.7 Å². The Balaban J connectivity index is 2.63. The predicted molar refractivity (Wildman–Crippen MR) is 119 cm³/mol. The highest BCUT2D eigenvalue weighted by Gasteiger charge is 2.56. The summed E-state index contributed by atoms with van der Waals surface area (Å²) in [6, 6.07) is 11.0. The van der Waals surface area contributed by atoms with Crippen LogP contribution in [0, 0.1) is 13.8 Å². The zero-order chi connectivity index (χ0) is 24.1. The molecule has 1 amide bonds. The summed E-state index contributed by atoms with van der Waals surface area (Å²) in [6.07, 6.45) is -0.967. The van der Waals surface area contributed by atoms with Crippen molar-refractivity contribution in [2.24, 2.45) is 0 Å². The van der Waals surface area contributed by atoms with E-state index in [0.29, 0.717) is 0 Å². The topological polar surface area (TPSA) is 81.7 Å². The molecule has 2 aromatic carbocycles. The highest BCUT2D eigenvalue weighted by atomic mass is 19.1. The van der Waals surface area contributed by atoms with Crippen LogP contribution in [0.15, 0.2) is 48.5 Å². The molecule has 0 radical (unpaired) electrons. The number of amides is 1. The molecule has 172 valence electrons. The Labute approximate surface area is 188 Å². The number of carbonyl (C=O) groups is 3. The number of carbonyl (C=O) groups excluding carboxylic acids is 3. The van der Waals surface area contributed by atoms with Gasteiger partial charge in [-0.25, -0.2) is 14.0 Å². The molecule has 2 aromatic rings. The molecule has 0 aliphatic heterocycles. The minimum Gasteiger partial charge on any atom is -0.463 e. The van der Waals surface area contributed by atoms with Gasteiger partial charge in [-0.05, 0) is 47.1 Å². The number of halogens is 1. The highest BCUT2D eigenvalue weighted by Crippen LogP contribution is 2.35. The van der Waals surface area contributed by atoms with Crippen LogP contribution in [0.25, 0.3) is 0 Å². The van der Waals surface area contributed by atoms with Crippen LogP contribution in [-0.2, 0) is 14.3 Å². The van der Waals surface area contributed by atoms with Crippen molar-refractivity contribution in [2.75, 3.05) is 6.61 Å². The fraction of sp³-hybridized carbons (Fsp3) is 0.400. The van der Waals surface area contributed by atoms with Crippen LogP contribution in [0.2, 0.25) is 0 Å². The molecule has 0 aliphatic carbocycles. The summed E-state index contributed by atoms with van der Waals surface area (Å²) < 4.78 is 26.9. The minimum atomic E-state index is -3.22. The third kappa shape index (κ3) is 5.93. The molecule has 0 aromatic heterocycles. The number of ether oxygens (including phenoxy) is 2. The van der Waals surface area contributed by atoms with Gasteiger partial charge in [-0.15, -0.1) is 0 Å². The Bertz CT molecular complexity index is 963. The van der Waals surface area contributed by atoms with Crippen LogP contribution in [0.1, 0.15) is 60.8 Å². The summed E-state index contributed by atoms with van der Waals surface area (Å²) in [5, 5.41) is 2.39. The molecule has 7 heteroatoms. The molecule has 0 bridgehead atoms. The minimum absolute atomic E-state index is 0.0192. The van der Waals surface area contributed by atoms with Gasteiger partial charge >= 0.3 is 12.1 Å². The lowest BCUT2D eigenvalue weighted by Crippen LogP contribution is -2.55. The van der Waals surface area contributed by atoms with Gasteiger partial charge in [-0.2, -0.15) is 0 Å². The smallest absolute Gasteiger partial charge is 0.408 e. The van der Waals surface area contributed by atoms with Gasteiger partial charge in [0.05, 0.1) is 6.61 Å². The predicted octanol–water partition coefficient (Wildman–Crippen LogP) is 5.02. The summed E-state index contributed by atoms with van der Waals surface area (Å²) in [5.41, 5.74) is -2.14. The fourth-order valence-electron chi connectivity index (χ4n) is 3.09. The maximum atomic E-state index is 16.7. The lowest BCUT2D eigenvalue weighted by atomic mass is 9.83. The van der Waals surface area contributed by atoms with Gasteiger partial charge in [0.25, 0.3) is 5.67 Å². The average molecular weight is 444 g/mol. The zero-order valence-corrected chi connectivity index (χ0v) is 19.3. The molecule has 0 unspecified atom stereocenters. The summed E-state index contributed by atoms with van der Waals surface area (Å²) in [6.45, 7) is 9.99. The molecule has 0 saturated heterocycles. The molecule has 0 fully saturated rings. The lowest BCUT2D eigenvalue weighted by molar-refractivity contribution is -0.155. The van der Waals surface area contributed by atoms with Crippen LogP contribution in [0.5, 0.6) is 0 Å². The van der Waals surface area contributed by atoms with Gasteiger partial charge < -0.3 is 14.8 Å². The molecular formula is C25H30FNO5. The molecule has 1 N–H and O–H groups in total. The van der Waals surface area contributed by atoms with E-state index in [4.69, 9.17) is 9.47 Å². The Hall–Kier alpha value is -3.22. The van der Waals surface area contributed by atoms with Crippen molar-refractivity contribution in [2.45, 2.75) is 58.9 Å². The molecule has 0 spiro atoms.